The number of nitrogens with one attached hydrogen (secondary N) is 1. The minimum Gasteiger partial charge on any atom is -0.493 e. The van der Waals surface area contributed by atoms with Gasteiger partial charge in [-0.1, -0.05) is 101 Å². The Morgan fingerprint density at radius 2 is 1.49 bits per heavy atom. The highest BCUT2D eigenvalue weighted by Gasteiger charge is 2.11. The number of rotatable bonds is 19. The SMILES string of the molecule is CCCCCCCCCCCCCCOc1ccc(NC(=O)c2ccc(C[n+]3csc(C)c3)cc2)cc1OC. The molecule has 0 radical (unpaired) electrons. The lowest BCUT2D eigenvalue weighted by molar-refractivity contribution is -0.683. The van der Waals surface area contributed by atoms with Crippen LogP contribution in [-0.2, 0) is 6.54 Å². The summed E-state index contributed by atoms with van der Waals surface area (Å²) in [6, 6.07) is 13.3. The lowest BCUT2D eigenvalue weighted by atomic mass is 10.1. The summed E-state index contributed by atoms with van der Waals surface area (Å²) in [6.07, 6.45) is 18.0. The molecule has 1 aromatic heterocycles. The fraction of sp³-hybridized carbons (Fsp3) is 0.515. The molecule has 212 valence electrons. The van der Waals surface area contributed by atoms with Crippen LogP contribution in [0.1, 0.15) is 105 Å². The van der Waals surface area contributed by atoms with Crippen molar-refractivity contribution in [2.45, 2.75) is 97.4 Å². The number of carbonyl (C=O) groups is 1. The van der Waals surface area contributed by atoms with Crippen molar-refractivity contribution in [1.29, 1.82) is 0 Å². The zero-order chi connectivity index (χ0) is 27.7. The van der Waals surface area contributed by atoms with E-state index in [2.05, 4.69) is 35.4 Å². The van der Waals surface area contributed by atoms with Crippen molar-refractivity contribution in [3.05, 3.63) is 70.2 Å². The second kappa shape index (κ2) is 17.7. The Bertz CT molecular complexity index is 1110. The number of amides is 1. The standard InChI is InChI=1S/C33H46N2O3S/c1-4-5-6-7-8-9-10-11-12-13-14-15-22-38-31-21-20-30(23-32(31)37-3)34-33(36)29-18-16-28(17-19-29)25-35-24-27(2)39-26-35/h16-21,23-24,26H,4-15,22,25H2,1-3H3/p+1. The van der Waals surface area contributed by atoms with E-state index < -0.39 is 0 Å². The van der Waals surface area contributed by atoms with Gasteiger partial charge < -0.3 is 14.8 Å². The molecule has 3 aromatic rings. The molecule has 0 saturated heterocycles. The Kier molecular flexibility index (Phi) is 13.9. The van der Waals surface area contributed by atoms with Crippen LogP contribution in [-0.4, -0.2) is 19.6 Å². The number of nitrogens with zero attached hydrogens (tertiary/aromatic N) is 1. The molecule has 5 nitrogen and oxygen atoms in total. The molecule has 1 N–H and O–H groups in total. The molecule has 3 rings (SSSR count). The topological polar surface area (TPSA) is 51.4 Å². The van der Waals surface area contributed by atoms with Gasteiger partial charge in [-0.2, -0.15) is 4.57 Å². The largest absolute Gasteiger partial charge is 0.493 e. The molecule has 0 fully saturated rings. The number of methoxy groups -OCH3 is 1. The fourth-order valence-corrected chi connectivity index (χ4v) is 5.33. The van der Waals surface area contributed by atoms with Crippen LogP contribution in [0.4, 0.5) is 5.69 Å². The number of hydrogen-bond acceptors (Lipinski definition) is 4. The van der Waals surface area contributed by atoms with Crippen LogP contribution in [0.15, 0.2) is 54.2 Å². The number of aromatic nitrogens is 1. The van der Waals surface area contributed by atoms with Crippen molar-refractivity contribution >= 4 is 22.9 Å². The Morgan fingerprint density at radius 3 is 2.08 bits per heavy atom. The van der Waals surface area contributed by atoms with E-state index in [9.17, 15) is 4.79 Å². The third-order valence-corrected chi connectivity index (χ3v) is 7.83. The summed E-state index contributed by atoms with van der Waals surface area (Å²) in [5.41, 5.74) is 4.57. The molecule has 39 heavy (non-hydrogen) atoms. The van der Waals surface area contributed by atoms with Crippen LogP contribution in [0.3, 0.4) is 0 Å². The molecule has 2 aromatic carbocycles. The van der Waals surface area contributed by atoms with E-state index in [1.54, 1.807) is 18.4 Å². The molecule has 6 heteroatoms. The Morgan fingerprint density at radius 1 is 0.846 bits per heavy atom. The van der Waals surface area contributed by atoms with E-state index >= 15 is 0 Å². The van der Waals surface area contributed by atoms with Gasteiger partial charge in [-0.05, 0) is 37.6 Å². The van der Waals surface area contributed by atoms with Crippen molar-refractivity contribution in [1.82, 2.24) is 0 Å². The first kappa shape index (κ1) is 30.7. The third-order valence-electron chi connectivity index (χ3n) is 6.98. The van der Waals surface area contributed by atoms with Crippen molar-refractivity contribution in [2.24, 2.45) is 0 Å². The van der Waals surface area contributed by atoms with Crippen LogP contribution in [0.25, 0.3) is 0 Å². The summed E-state index contributed by atoms with van der Waals surface area (Å²) in [5.74, 6) is 1.20. The number of benzene rings is 2. The molecule has 1 amide bonds. The minimum absolute atomic E-state index is 0.146. The monoisotopic (exact) mass is 551 g/mol. The number of anilines is 1. The van der Waals surface area contributed by atoms with Crippen LogP contribution in [0.5, 0.6) is 11.5 Å². The molecule has 0 atom stereocenters. The molecule has 0 saturated carbocycles. The summed E-state index contributed by atoms with van der Waals surface area (Å²) < 4.78 is 13.7. The molecule has 1 heterocycles. The van der Waals surface area contributed by atoms with Gasteiger partial charge in [0.15, 0.2) is 24.2 Å². The minimum atomic E-state index is -0.146. The van der Waals surface area contributed by atoms with Gasteiger partial charge in [-0.3, -0.25) is 4.79 Å². The summed E-state index contributed by atoms with van der Waals surface area (Å²) in [5, 5.41) is 2.97. The van der Waals surface area contributed by atoms with E-state index in [4.69, 9.17) is 9.47 Å². The highest BCUT2D eigenvalue weighted by molar-refractivity contribution is 7.09. The second-order valence-corrected chi connectivity index (χ2v) is 11.5. The molecular formula is C33H47N2O3S+. The van der Waals surface area contributed by atoms with Gasteiger partial charge in [0.1, 0.15) is 0 Å². The summed E-state index contributed by atoms with van der Waals surface area (Å²) >= 11 is 1.73. The number of unbranched alkanes of at least 4 members (excludes halogenated alkanes) is 11. The van der Waals surface area contributed by atoms with Gasteiger partial charge in [0.05, 0.1) is 18.6 Å². The number of ether oxygens (including phenoxy) is 2. The molecule has 0 spiro atoms. The normalized spacial score (nSPS) is 10.9. The van der Waals surface area contributed by atoms with Gasteiger partial charge in [0, 0.05) is 22.9 Å². The summed E-state index contributed by atoms with van der Waals surface area (Å²) in [7, 11) is 1.63. The lowest BCUT2D eigenvalue weighted by Gasteiger charge is -2.13. The average molecular weight is 552 g/mol. The van der Waals surface area contributed by atoms with Gasteiger partial charge in [-0.15, -0.1) is 0 Å². The van der Waals surface area contributed by atoms with Gasteiger partial charge in [-0.25, -0.2) is 0 Å². The van der Waals surface area contributed by atoms with Crippen LogP contribution < -0.4 is 19.4 Å². The Balaban J connectivity index is 1.34. The number of thiazole rings is 1. The van der Waals surface area contributed by atoms with E-state index in [1.165, 1.54) is 75.5 Å². The predicted octanol–water partition coefficient (Wildman–Crippen LogP) is 8.73. The van der Waals surface area contributed by atoms with Crippen molar-refractivity contribution in [3.63, 3.8) is 0 Å². The molecule has 0 unspecified atom stereocenters. The van der Waals surface area contributed by atoms with Crippen LogP contribution >= 0.6 is 11.3 Å². The van der Waals surface area contributed by atoms with Gasteiger partial charge in [0.2, 0.25) is 5.51 Å². The van der Waals surface area contributed by atoms with E-state index in [-0.39, 0.29) is 5.91 Å². The number of carbonyl (C=O) groups excluding carboxylic acids is 1. The molecule has 0 aliphatic heterocycles. The first-order valence-corrected chi connectivity index (χ1v) is 15.6. The maximum absolute atomic E-state index is 12.8. The Labute approximate surface area is 239 Å². The fourth-order valence-electron chi connectivity index (χ4n) is 4.69. The van der Waals surface area contributed by atoms with Crippen molar-refractivity contribution < 1.29 is 18.8 Å². The predicted molar refractivity (Wildman–Crippen MR) is 162 cm³/mol. The zero-order valence-electron chi connectivity index (χ0n) is 24.2. The molecular weight excluding hydrogens is 504 g/mol. The maximum atomic E-state index is 12.8. The number of aryl methyl sites for hydroxylation is 1. The maximum Gasteiger partial charge on any atom is 0.255 e. The van der Waals surface area contributed by atoms with E-state index in [0.717, 1.165) is 18.5 Å². The van der Waals surface area contributed by atoms with E-state index in [0.29, 0.717) is 29.4 Å². The van der Waals surface area contributed by atoms with Crippen molar-refractivity contribution in [3.8, 4) is 11.5 Å². The smallest absolute Gasteiger partial charge is 0.255 e. The number of hydrogen-bond donors (Lipinski definition) is 1. The third kappa shape index (κ3) is 11.4. The highest BCUT2D eigenvalue weighted by Crippen LogP contribution is 2.30. The van der Waals surface area contributed by atoms with Crippen LogP contribution in [0, 0.1) is 6.92 Å². The second-order valence-electron chi connectivity index (χ2n) is 10.4. The Hall–Kier alpha value is -2.86. The van der Waals surface area contributed by atoms with Gasteiger partial charge >= 0.3 is 0 Å². The van der Waals surface area contributed by atoms with E-state index in [1.807, 2.05) is 42.5 Å². The summed E-state index contributed by atoms with van der Waals surface area (Å²) in [4.78, 5) is 14.1. The molecule has 0 bridgehead atoms. The first-order chi connectivity index (χ1) is 19.1. The highest BCUT2D eigenvalue weighted by atomic mass is 32.1. The summed E-state index contributed by atoms with van der Waals surface area (Å²) in [6.45, 7) is 5.84. The average Bonchev–Trinajstić information content (AvgIpc) is 3.36. The van der Waals surface area contributed by atoms with Gasteiger partial charge in [0.25, 0.3) is 5.91 Å². The molecule has 0 aliphatic rings. The van der Waals surface area contributed by atoms with Crippen LogP contribution in [0.2, 0.25) is 0 Å². The first-order valence-electron chi connectivity index (χ1n) is 14.7. The quantitative estimate of drug-likeness (QED) is 0.120. The zero-order valence-corrected chi connectivity index (χ0v) is 25.0. The van der Waals surface area contributed by atoms with Crippen molar-refractivity contribution in [2.75, 3.05) is 19.0 Å². The lowest BCUT2D eigenvalue weighted by Crippen LogP contribution is -2.30. The molecule has 0 aliphatic carbocycles.